The summed E-state index contributed by atoms with van der Waals surface area (Å²) in [5, 5.41) is 7.76. The van der Waals surface area contributed by atoms with E-state index in [-0.39, 0.29) is 0 Å². The molecule has 8 heteroatoms. The van der Waals surface area contributed by atoms with Gasteiger partial charge in [-0.3, -0.25) is 0 Å². The molecule has 1 saturated heterocycles. The van der Waals surface area contributed by atoms with Gasteiger partial charge in [0.05, 0.1) is 32.0 Å². The Bertz CT molecular complexity index is 750. The maximum Gasteiger partial charge on any atom is 0.191 e. The second kappa shape index (κ2) is 9.66. The summed E-state index contributed by atoms with van der Waals surface area (Å²) in [6.07, 6.45) is 1.84. The van der Waals surface area contributed by atoms with E-state index in [1.807, 2.05) is 19.2 Å². The summed E-state index contributed by atoms with van der Waals surface area (Å²) >= 11 is 1.73. The minimum Gasteiger partial charge on any atom is -0.378 e. The highest BCUT2D eigenvalue weighted by Gasteiger charge is 2.15. The molecule has 1 fully saturated rings. The van der Waals surface area contributed by atoms with Crippen LogP contribution in [0, 0.1) is 13.8 Å². The topological polar surface area (TPSA) is 74.7 Å². The third-order valence-corrected chi connectivity index (χ3v) is 5.48. The molecular weight excluding hydrogens is 360 g/mol. The van der Waals surface area contributed by atoms with Crippen molar-refractivity contribution in [2.24, 2.45) is 4.99 Å². The Hall–Kier alpha value is -2.19. The van der Waals surface area contributed by atoms with E-state index < -0.39 is 0 Å². The van der Waals surface area contributed by atoms with Crippen LogP contribution in [0.15, 0.2) is 23.3 Å². The lowest BCUT2D eigenvalue weighted by molar-refractivity contribution is 0.122. The van der Waals surface area contributed by atoms with Crippen LogP contribution in [0.1, 0.15) is 28.1 Å². The first-order valence-electron chi connectivity index (χ1n) is 9.39. The first-order valence-corrected chi connectivity index (χ1v) is 10.2. The molecule has 3 rings (SSSR count). The number of nitrogens with zero attached hydrogens (tertiary/aromatic N) is 4. The summed E-state index contributed by atoms with van der Waals surface area (Å²) in [4.78, 5) is 17.5. The van der Waals surface area contributed by atoms with Crippen molar-refractivity contribution in [2.45, 2.75) is 33.9 Å². The van der Waals surface area contributed by atoms with E-state index in [2.05, 4.69) is 45.4 Å². The first kappa shape index (κ1) is 19.6. The fourth-order valence-corrected chi connectivity index (χ4v) is 3.77. The number of anilines is 1. The van der Waals surface area contributed by atoms with Gasteiger partial charge in [-0.1, -0.05) is 6.07 Å². The van der Waals surface area contributed by atoms with E-state index in [9.17, 15) is 0 Å². The average molecular weight is 389 g/mol. The number of hydrogen-bond donors (Lipinski definition) is 2. The van der Waals surface area contributed by atoms with Crippen LogP contribution in [0.5, 0.6) is 0 Å². The second-order valence-corrected chi connectivity index (χ2v) is 7.67. The molecule has 146 valence electrons. The number of pyridine rings is 1. The van der Waals surface area contributed by atoms with Crippen molar-refractivity contribution in [3.05, 3.63) is 39.5 Å². The van der Waals surface area contributed by atoms with E-state index in [0.717, 1.165) is 60.9 Å². The summed E-state index contributed by atoms with van der Waals surface area (Å²) < 4.78 is 5.45. The number of thiazole rings is 1. The van der Waals surface area contributed by atoms with Crippen LogP contribution >= 0.6 is 11.3 Å². The van der Waals surface area contributed by atoms with Crippen molar-refractivity contribution in [3.63, 3.8) is 0 Å². The Morgan fingerprint density at radius 2 is 2.11 bits per heavy atom. The molecule has 3 heterocycles. The predicted molar refractivity (Wildman–Crippen MR) is 111 cm³/mol. The van der Waals surface area contributed by atoms with Gasteiger partial charge < -0.3 is 20.3 Å². The molecule has 0 atom stereocenters. The van der Waals surface area contributed by atoms with Crippen molar-refractivity contribution in [3.8, 4) is 0 Å². The van der Waals surface area contributed by atoms with E-state index in [4.69, 9.17) is 9.73 Å². The second-order valence-electron chi connectivity index (χ2n) is 6.38. The summed E-state index contributed by atoms with van der Waals surface area (Å²) in [6, 6.07) is 4.06. The SMILES string of the molecule is CCNC(=NCc1cccnc1N1CCOCC1)NCc1nc(C)c(C)s1. The highest BCUT2D eigenvalue weighted by molar-refractivity contribution is 7.11. The highest BCUT2D eigenvalue weighted by atomic mass is 32.1. The number of hydrogen-bond acceptors (Lipinski definition) is 6. The lowest BCUT2D eigenvalue weighted by atomic mass is 10.2. The molecule has 0 radical (unpaired) electrons. The zero-order valence-electron chi connectivity index (χ0n) is 16.3. The number of aliphatic imine (C=N–C) groups is 1. The number of nitrogens with one attached hydrogen (secondary N) is 2. The summed E-state index contributed by atoms with van der Waals surface area (Å²) in [5.41, 5.74) is 2.22. The van der Waals surface area contributed by atoms with Crippen LogP contribution in [-0.4, -0.2) is 48.8 Å². The quantitative estimate of drug-likeness (QED) is 0.584. The van der Waals surface area contributed by atoms with Gasteiger partial charge >= 0.3 is 0 Å². The predicted octanol–water partition coefficient (Wildman–Crippen LogP) is 2.25. The zero-order chi connectivity index (χ0) is 19.1. The third kappa shape index (κ3) is 5.40. The fraction of sp³-hybridized carbons (Fsp3) is 0.526. The molecule has 0 unspecified atom stereocenters. The van der Waals surface area contributed by atoms with Crippen molar-refractivity contribution >= 4 is 23.1 Å². The van der Waals surface area contributed by atoms with Gasteiger partial charge in [0.25, 0.3) is 0 Å². The Balaban J connectivity index is 1.67. The molecule has 0 saturated carbocycles. The Labute approximate surface area is 164 Å². The van der Waals surface area contributed by atoms with Gasteiger partial charge in [-0.15, -0.1) is 11.3 Å². The fourth-order valence-electron chi connectivity index (χ4n) is 2.89. The van der Waals surface area contributed by atoms with Crippen molar-refractivity contribution in [1.82, 2.24) is 20.6 Å². The summed E-state index contributed by atoms with van der Waals surface area (Å²) in [6.45, 7) is 11.5. The standard InChI is InChI=1S/C19H28N6OS/c1-4-20-19(23-13-17-24-14(2)15(3)27-17)22-12-16-6-5-7-21-18(16)25-8-10-26-11-9-25/h5-7H,4,8-13H2,1-3H3,(H2,20,22,23). The van der Waals surface area contributed by atoms with Crippen LogP contribution in [0.4, 0.5) is 5.82 Å². The molecule has 1 aliphatic heterocycles. The van der Waals surface area contributed by atoms with Gasteiger partial charge in [0, 0.05) is 36.3 Å². The normalized spacial score (nSPS) is 15.1. The monoisotopic (exact) mass is 388 g/mol. The van der Waals surface area contributed by atoms with Crippen LogP contribution in [0.25, 0.3) is 0 Å². The van der Waals surface area contributed by atoms with E-state index in [0.29, 0.717) is 13.1 Å². The zero-order valence-corrected chi connectivity index (χ0v) is 17.1. The molecule has 0 amide bonds. The molecule has 2 aromatic rings. The Morgan fingerprint density at radius 3 is 2.81 bits per heavy atom. The lowest BCUT2D eigenvalue weighted by Crippen LogP contribution is -2.38. The first-order chi connectivity index (χ1) is 13.2. The van der Waals surface area contributed by atoms with Crippen LogP contribution in [-0.2, 0) is 17.8 Å². The number of aromatic nitrogens is 2. The van der Waals surface area contributed by atoms with Crippen LogP contribution in [0.2, 0.25) is 0 Å². The molecule has 2 N–H and O–H groups in total. The smallest absolute Gasteiger partial charge is 0.191 e. The number of ether oxygens (including phenoxy) is 1. The molecule has 0 bridgehead atoms. The summed E-state index contributed by atoms with van der Waals surface area (Å²) in [7, 11) is 0. The lowest BCUT2D eigenvalue weighted by Gasteiger charge is -2.29. The van der Waals surface area contributed by atoms with E-state index >= 15 is 0 Å². The minimum absolute atomic E-state index is 0.575. The van der Waals surface area contributed by atoms with Crippen molar-refractivity contribution in [2.75, 3.05) is 37.7 Å². The number of rotatable bonds is 6. The number of aryl methyl sites for hydroxylation is 2. The van der Waals surface area contributed by atoms with E-state index in [1.165, 1.54) is 4.88 Å². The molecule has 0 spiro atoms. The van der Waals surface area contributed by atoms with Crippen LogP contribution < -0.4 is 15.5 Å². The van der Waals surface area contributed by atoms with Gasteiger partial charge in [0.2, 0.25) is 0 Å². The van der Waals surface area contributed by atoms with Crippen LogP contribution in [0.3, 0.4) is 0 Å². The number of guanidine groups is 1. The Kier molecular flexibility index (Phi) is 7.00. The van der Waals surface area contributed by atoms with E-state index in [1.54, 1.807) is 11.3 Å². The maximum atomic E-state index is 5.45. The molecular formula is C19H28N6OS. The molecule has 7 nitrogen and oxygen atoms in total. The number of morpholine rings is 1. The molecule has 27 heavy (non-hydrogen) atoms. The highest BCUT2D eigenvalue weighted by Crippen LogP contribution is 2.19. The third-order valence-electron chi connectivity index (χ3n) is 4.41. The molecule has 0 aliphatic carbocycles. The van der Waals surface area contributed by atoms with Gasteiger partial charge in [0.15, 0.2) is 5.96 Å². The van der Waals surface area contributed by atoms with Gasteiger partial charge in [-0.05, 0) is 26.8 Å². The minimum atomic E-state index is 0.575. The van der Waals surface area contributed by atoms with Crippen molar-refractivity contribution < 1.29 is 4.74 Å². The molecule has 0 aromatic carbocycles. The van der Waals surface area contributed by atoms with Gasteiger partial charge in [0.1, 0.15) is 10.8 Å². The largest absolute Gasteiger partial charge is 0.378 e. The average Bonchev–Trinajstić information content (AvgIpc) is 3.02. The Morgan fingerprint density at radius 1 is 1.30 bits per heavy atom. The molecule has 1 aliphatic rings. The van der Waals surface area contributed by atoms with Gasteiger partial charge in [-0.2, -0.15) is 0 Å². The molecule has 2 aromatic heterocycles. The van der Waals surface area contributed by atoms with Crippen molar-refractivity contribution in [1.29, 1.82) is 0 Å². The maximum absolute atomic E-state index is 5.45. The van der Waals surface area contributed by atoms with Gasteiger partial charge in [-0.25, -0.2) is 15.0 Å². The summed E-state index contributed by atoms with van der Waals surface area (Å²) in [5.74, 6) is 1.80.